The molecule has 0 radical (unpaired) electrons. The number of hydrogen-bond acceptors (Lipinski definition) is 4. The van der Waals surface area contributed by atoms with Gasteiger partial charge in [0, 0.05) is 17.6 Å². The quantitative estimate of drug-likeness (QED) is 0.783. The third kappa shape index (κ3) is 1.85. The lowest BCUT2D eigenvalue weighted by molar-refractivity contribution is 0.415. The molecule has 74 valence electrons. The average Bonchev–Trinajstić information content (AvgIpc) is 2.16. The zero-order valence-corrected chi connectivity index (χ0v) is 8.28. The first-order valence-corrected chi connectivity index (χ1v) is 3.79. The second kappa shape index (κ2) is 4.11. The first-order valence-electron chi connectivity index (χ1n) is 3.79. The molecule has 0 aliphatic heterocycles. The summed E-state index contributed by atoms with van der Waals surface area (Å²) in [6.07, 6.45) is 1.57. The molecule has 14 heavy (non-hydrogen) atoms. The van der Waals surface area contributed by atoms with Gasteiger partial charge in [-0.2, -0.15) is 4.98 Å². The molecule has 0 saturated heterocycles. The van der Waals surface area contributed by atoms with Crippen LogP contribution in [0.25, 0.3) is 10.9 Å². The van der Waals surface area contributed by atoms with Crippen molar-refractivity contribution >= 4 is 23.3 Å². The van der Waals surface area contributed by atoms with E-state index in [2.05, 4.69) is 9.97 Å². The van der Waals surface area contributed by atoms with Crippen molar-refractivity contribution in [1.82, 2.24) is 9.97 Å². The maximum absolute atomic E-state index is 9.03. The van der Waals surface area contributed by atoms with E-state index < -0.39 is 0 Å². The number of hydrogen-bond donors (Lipinski definition) is 1. The molecule has 0 saturated carbocycles. The van der Waals surface area contributed by atoms with E-state index in [0.717, 1.165) is 5.39 Å². The summed E-state index contributed by atoms with van der Waals surface area (Å²) in [5, 5.41) is 9.90. The monoisotopic (exact) mass is 212 g/mol. The van der Waals surface area contributed by atoms with Gasteiger partial charge in [0.15, 0.2) is 0 Å². The first-order chi connectivity index (χ1) is 6.29. The van der Waals surface area contributed by atoms with Crippen molar-refractivity contribution in [3.8, 4) is 11.8 Å². The van der Waals surface area contributed by atoms with Gasteiger partial charge < -0.3 is 9.84 Å². The standard InChI is InChI=1S/C9H8N2O2.ClH/c1-13-7-3-2-6-5-10-9(12)11-8(6)4-7;/h2-5H,1H3,(H,10,11,12);1H. The molecule has 0 aliphatic carbocycles. The highest BCUT2D eigenvalue weighted by Crippen LogP contribution is 2.19. The van der Waals surface area contributed by atoms with Crippen LogP contribution in [0.4, 0.5) is 0 Å². The maximum Gasteiger partial charge on any atom is 0.314 e. The maximum atomic E-state index is 9.03. The fourth-order valence-electron chi connectivity index (χ4n) is 1.12. The summed E-state index contributed by atoms with van der Waals surface area (Å²) in [6.45, 7) is 0. The minimum atomic E-state index is -0.222. The molecule has 2 rings (SSSR count). The molecule has 1 aromatic carbocycles. The van der Waals surface area contributed by atoms with Crippen molar-refractivity contribution in [2.24, 2.45) is 0 Å². The molecule has 4 nitrogen and oxygen atoms in total. The predicted molar refractivity (Wildman–Crippen MR) is 55.0 cm³/mol. The molecular weight excluding hydrogens is 204 g/mol. The van der Waals surface area contributed by atoms with Crippen LogP contribution >= 0.6 is 12.4 Å². The Labute approximate surface area is 87.0 Å². The Hall–Kier alpha value is -1.55. The molecular formula is C9H9ClN2O2. The summed E-state index contributed by atoms with van der Waals surface area (Å²) in [5.41, 5.74) is 0.673. The summed E-state index contributed by atoms with van der Waals surface area (Å²) in [5.74, 6) is 0.714. The van der Waals surface area contributed by atoms with E-state index in [4.69, 9.17) is 9.84 Å². The molecule has 0 spiro atoms. The van der Waals surface area contributed by atoms with Crippen LogP contribution < -0.4 is 4.74 Å². The zero-order valence-electron chi connectivity index (χ0n) is 7.47. The van der Waals surface area contributed by atoms with Gasteiger partial charge in [0.05, 0.1) is 12.6 Å². The number of halogens is 1. The molecule has 2 aromatic rings. The van der Waals surface area contributed by atoms with Gasteiger partial charge in [0.25, 0.3) is 0 Å². The number of methoxy groups -OCH3 is 1. The highest BCUT2D eigenvalue weighted by atomic mass is 35.5. The molecule has 0 atom stereocenters. The number of aromatic nitrogens is 2. The van der Waals surface area contributed by atoms with E-state index in [1.807, 2.05) is 12.1 Å². The molecule has 1 aromatic heterocycles. The van der Waals surface area contributed by atoms with Crippen LogP contribution in [0.1, 0.15) is 0 Å². The Bertz CT molecular complexity index is 448. The van der Waals surface area contributed by atoms with Crippen LogP contribution in [0, 0.1) is 0 Å². The van der Waals surface area contributed by atoms with Gasteiger partial charge >= 0.3 is 6.01 Å². The molecule has 0 bridgehead atoms. The third-order valence-corrected chi connectivity index (χ3v) is 1.78. The van der Waals surface area contributed by atoms with Gasteiger partial charge in [-0.25, -0.2) is 4.98 Å². The zero-order chi connectivity index (χ0) is 9.26. The van der Waals surface area contributed by atoms with Gasteiger partial charge in [-0.05, 0) is 12.1 Å². The van der Waals surface area contributed by atoms with Gasteiger partial charge in [0.2, 0.25) is 0 Å². The number of aromatic hydroxyl groups is 1. The molecule has 0 fully saturated rings. The fraction of sp³-hybridized carbons (Fsp3) is 0.111. The summed E-state index contributed by atoms with van der Waals surface area (Å²) in [4.78, 5) is 7.52. The summed E-state index contributed by atoms with van der Waals surface area (Å²) in [7, 11) is 1.59. The lowest BCUT2D eigenvalue weighted by Gasteiger charge is -2.00. The average molecular weight is 213 g/mol. The van der Waals surface area contributed by atoms with Gasteiger partial charge in [-0.1, -0.05) is 0 Å². The molecule has 0 aliphatic rings. The van der Waals surface area contributed by atoms with Crippen LogP contribution in [0.3, 0.4) is 0 Å². The fourth-order valence-corrected chi connectivity index (χ4v) is 1.12. The highest BCUT2D eigenvalue weighted by Gasteiger charge is 1.99. The topological polar surface area (TPSA) is 55.2 Å². The van der Waals surface area contributed by atoms with Crippen molar-refractivity contribution in [2.45, 2.75) is 0 Å². The Morgan fingerprint density at radius 2 is 2.14 bits per heavy atom. The van der Waals surface area contributed by atoms with Crippen LogP contribution in [-0.2, 0) is 0 Å². The van der Waals surface area contributed by atoms with Gasteiger partial charge in [-0.15, -0.1) is 12.4 Å². The van der Waals surface area contributed by atoms with Crippen molar-refractivity contribution < 1.29 is 9.84 Å². The Kier molecular flexibility index (Phi) is 3.09. The van der Waals surface area contributed by atoms with E-state index in [-0.39, 0.29) is 18.4 Å². The Morgan fingerprint density at radius 3 is 2.86 bits per heavy atom. The van der Waals surface area contributed by atoms with Crippen LogP contribution in [0.2, 0.25) is 0 Å². The molecule has 5 heteroatoms. The van der Waals surface area contributed by atoms with Crippen molar-refractivity contribution in [3.63, 3.8) is 0 Å². The van der Waals surface area contributed by atoms with E-state index >= 15 is 0 Å². The van der Waals surface area contributed by atoms with Crippen LogP contribution in [0.5, 0.6) is 11.8 Å². The number of nitrogens with zero attached hydrogens (tertiary/aromatic N) is 2. The smallest absolute Gasteiger partial charge is 0.314 e. The normalized spacial score (nSPS) is 9.50. The highest BCUT2D eigenvalue weighted by molar-refractivity contribution is 5.85. The lowest BCUT2D eigenvalue weighted by atomic mass is 10.2. The summed E-state index contributed by atoms with van der Waals surface area (Å²) < 4.78 is 5.02. The summed E-state index contributed by atoms with van der Waals surface area (Å²) in [6, 6.07) is 5.19. The van der Waals surface area contributed by atoms with Gasteiger partial charge in [0.1, 0.15) is 5.75 Å². The Balaban J connectivity index is 0.000000980. The van der Waals surface area contributed by atoms with E-state index in [0.29, 0.717) is 11.3 Å². The van der Waals surface area contributed by atoms with Crippen LogP contribution in [-0.4, -0.2) is 22.2 Å². The Morgan fingerprint density at radius 1 is 1.36 bits per heavy atom. The molecule has 1 heterocycles. The minimum absolute atomic E-state index is 0. The second-order valence-electron chi connectivity index (χ2n) is 2.59. The predicted octanol–water partition coefficient (Wildman–Crippen LogP) is 1.77. The second-order valence-corrected chi connectivity index (χ2v) is 2.59. The van der Waals surface area contributed by atoms with E-state index in [1.54, 1.807) is 19.4 Å². The first kappa shape index (κ1) is 10.5. The van der Waals surface area contributed by atoms with Crippen molar-refractivity contribution in [2.75, 3.05) is 7.11 Å². The largest absolute Gasteiger partial charge is 0.497 e. The number of benzene rings is 1. The lowest BCUT2D eigenvalue weighted by Crippen LogP contribution is -1.86. The molecule has 1 N–H and O–H groups in total. The number of fused-ring (bicyclic) bond motifs is 1. The molecule has 0 amide bonds. The van der Waals surface area contributed by atoms with E-state index in [1.165, 1.54) is 0 Å². The van der Waals surface area contributed by atoms with E-state index in [9.17, 15) is 0 Å². The number of ether oxygens (including phenoxy) is 1. The van der Waals surface area contributed by atoms with Gasteiger partial charge in [-0.3, -0.25) is 0 Å². The number of rotatable bonds is 1. The van der Waals surface area contributed by atoms with Crippen molar-refractivity contribution in [1.29, 1.82) is 0 Å². The van der Waals surface area contributed by atoms with Crippen molar-refractivity contribution in [3.05, 3.63) is 24.4 Å². The third-order valence-electron chi connectivity index (χ3n) is 1.78. The SMILES string of the molecule is COc1ccc2cnc(O)nc2c1.Cl. The van der Waals surface area contributed by atoms with Crippen LogP contribution in [0.15, 0.2) is 24.4 Å². The summed E-state index contributed by atoms with van der Waals surface area (Å²) >= 11 is 0. The molecule has 0 unspecified atom stereocenters. The minimum Gasteiger partial charge on any atom is -0.497 e.